The standard InChI is InChI=1S/C26H22N8O2/c1-15-21-19(16-8-10-17(11-9-16)26(36)33(2)18-6-4-3-5-7-18)12-20(35)31-24(21)34(32-15)25-22-23(28-13-27-22)29-14-30-25/h3-11,13-14,19H,12H2,1-2H3,(H,31,35)(H,27,28,29,30)/t19-/m0/s1. The van der Waals surface area contributed by atoms with Gasteiger partial charge in [-0.25, -0.2) is 15.0 Å². The van der Waals surface area contributed by atoms with Crippen LogP contribution in [0.1, 0.15) is 39.5 Å². The van der Waals surface area contributed by atoms with Crippen LogP contribution in [0.25, 0.3) is 17.0 Å². The first kappa shape index (κ1) is 21.7. The Bertz CT molecular complexity index is 1600. The summed E-state index contributed by atoms with van der Waals surface area (Å²) in [5.41, 5.74) is 5.17. The number of carbonyl (C=O) groups is 2. The molecule has 4 heterocycles. The molecule has 0 saturated heterocycles. The van der Waals surface area contributed by atoms with E-state index >= 15 is 0 Å². The Labute approximate surface area is 206 Å². The third-order valence-corrected chi connectivity index (χ3v) is 6.51. The number of H-pyrrole nitrogens is 1. The molecule has 1 aliphatic heterocycles. The van der Waals surface area contributed by atoms with E-state index in [1.165, 1.54) is 6.33 Å². The molecule has 0 saturated carbocycles. The zero-order chi connectivity index (χ0) is 24.8. The van der Waals surface area contributed by atoms with Crippen LogP contribution in [0.3, 0.4) is 0 Å². The lowest BCUT2D eigenvalue weighted by Crippen LogP contribution is -2.26. The van der Waals surface area contributed by atoms with Crippen molar-refractivity contribution in [2.24, 2.45) is 0 Å². The van der Waals surface area contributed by atoms with E-state index in [4.69, 9.17) is 5.10 Å². The highest BCUT2D eigenvalue weighted by molar-refractivity contribution is 6.05. The molecule has 0 radical (unpaired) electrons. The number of hydrogen-bond donors (Lipinski definition) is 2. The Hall–Kier alpha value is -4.86. The summed E-state index contributed by atoms with van der Waals surface area (Å²) in [5.74, 6) is 0.649. The molecule has 0 aliphatic carbocycles. The smallest absolute Gasteiger partial charge is 0.258 e. The van der Waals surface area contributed by atoms with Crippen LogP contribution in [0.4, 0.5) is 11.5 Å². The molecule has 178 valence electrons. The summed E-state index contributed by atoms with van der Waals surface area (Å²) in [6.07, 6.45) is 3.25. The van der Waals surface area contributed by atoms with Gasteiger partial charge in [0.05, 0.1) is 12.0 Å². The SMILES string of the molecule is Cc1nn(-c2ncnc3nc[nH]c23)c2c1[C@H](c1ccc(C(=O)N(C)c3ccccc3)cc1)CC(=O)N2. The summed E-state index contributed by atoms with van der Waals surface area (Å²) in [7, 11) is 1.75. The Kier molecular flexibility index (Phi) is 5.06. The van der Waals surface area contributed by atoms with Gasteiger partial charge in [0.1, 0.15) is 17.7 Å². The van der Waals surface area contributed by atoms with Gasteiger partial charge < -0.3 is 15.2 Å². The number of carbonyl (C=O) groups excluding carboxylic acids is 2. The molecule has 1 aliphatic rings. The molecule has 2 N–H and O–H groups in total. The number of aromatic nitrogens is 6. The maximum absolute atomic E-state index is 13.0. The summed E-state index contributed by atoms with van der Waals surface area (Å²) in [4.78, 5) is 43.2. The number of nitrogens with zero attached hydrogens (tertiary/aromatic N) is 6. The minimum absolute atomic E-state index is 0.105. The maximum atomic E-state index is 13.0. The van der Waals surface area contributed by atoms with Crippen LogP contribution in [0, 0.1) is 6.92 Å². The monoisotopic (exact) mass is 478 g/mol. The van der Waals surface area contributed by atoms with E-state index in [0.717, 1.165) is 22.5 Å². The van der Waals surface area contributed by atoms with Crippen LogP contribution in [-0.2, 0) is 4.79 Å². The second-order valence-electron chi connectivity index (χ2n) is 8.68. The molecule has 2 amide bonds. The zero-order valence-corrected chi connectivity index (χ0v) is 19.6. The highest BCUT2D eigenvalue weighted by atomic mass is 16.2. The van der Waals surface area contributed by atoms with E-state index in [1.807, 2.05) is 61.5 Å². The third kappa shape index (κ3) is 3.50. The number of nitrogens with one attached hydrogen (secondary N) is 2. The van der Waals surface area contributed by atoms with Crippen molar-refractivity contribution in [1.82, 2.24) is 29.7 Å². The minimum atomic E-state index is -0.211. The molecule has 0 bridgehead atoms. The van der Waals surface area contributed by atoms with Gasteiger partial charge in [-0.05, 0) is 36.8 Å². The second-order valence-corrected chi connectivity index (χ2v) is 8.68. The molecule has 0 unspecified atom stereocenters. The van der Waals surface area contributed by atoms with E-state index < -0.39 is 0 Å². The van der Waals surface area contributed by atoms with Gasteiger partial charge in [0.15, 0.2) is 11.5 Å². The Morgan fingerprint density at radius 1 is 1.06 bits per heavy atom. The van der Waals surface area contributed by atoms with E-state index in [1.54, 1.807) is 23.0 Å². The fourth-order valence-electron chi connectivity index (χ4n) is 4.72. The van der Waals surface area contributed by atoms with Crippen LogP contribution >= 0.6 is 0 Å². The first-order valence-corrected chi connectivity index (χ1v) is 11.5. The fraction of sp³-hybridized carbons (Fsp3) is 0.154. The number of aryl methyl sites for hydroxylation is 1. The topological polar surface area (TPSA) is 122 Å². The molecule has 36 heavy (non-hydrogen) atoms. The molecule has 5 aromatic rings. The van der Waals surface area contributed by atoms with E-state index in [0.29, 0.717) is 28.4 Å². The number of hydrogen-bond acceptors (Lipinski definition) is 6. The second kappa shape index (κ2) is 8.42. The van der Waals surface area contributed by atoms with Crippen molar-refractivity contribution in [3.63, 3.8) is 0 Å². The average molecular weight is 479 g/mol. The van der Waals surface area contributed by atoms with Crippen molar-refractivity contribution < 1.29 is 9.59 Å². The predicted octanol–water partition coefficient (Wildman–Crippen LogP) is 3.60. The lowest BCUT2D eigenvalue weighted by molar-refractivity contribution is -0.116. The zero-order valence-electron chi connectivity index (χ0n) is 19.6. The van der Waals surface area contributed by atoms with Crippen molar-refractivity contribution in [3.8, 4) is 5.82 Å². The van der Waals surface area contributed by atoms with Gasteiger partial charge in [-0.1, -0.05) is 30.3 Å². The summed E-state index contributed by atoms with van der Waals surface area (Å²) < 4.78 is 1.63. The van der Waals surface area contributed by atoms with Gasteiger partial charge in [-0.15, -0.1) is 0 Å². The van der Waals surface area contributed by atoms with Gasteiger partial charge in [0, 0.05) is 36.2 Å². The summed E-state index contributed by atoms with van der Waals surface area (Å²) >= 11 is 0. The quantitative estimate of drug-likeness (QED) is 0.407. The number of aromatic amines is 1. The van der Waals surface area contributed by atoms with Crippen LogP contribution in [0.2, 0.25) is 0 Å². The molecule has 10 nitrogen and oxygen atoms in total. The van der Waals surface area contributed by atoms with Crippen molar-refractivity contribution in [3.05, 3.63) is 89.6 Å². The first-order valence-electron chi connectivity index (χ1n) is 11.5. The van der Waals surface area contributed by atoms with Gasteiger partial charge >= 0.3 is 0 Å². The number of rotatable bonds is 4. The molecule has 1 atom stereocenters. The highest BCUT2D eigenvalue weighted by Gasteiger charge is 2.33. The van der Waals surface area contributed by atoms with Gasteiger partial charge in [0.25, 0.3) is 5.91 Å². The Morgan fingerprint density at radius 2 is 1.83 bits per heavy atom. The number of fused-ring (bicyclic) bond motifs is 2. The summed E-state index contributed by atoms with van der Waals surface area (Å²) in [6.45, 7) is 1.91. The number of imidazole rings is 1. The maximum Gasteiger partial charge on any atom is 0.258 e. The summed E-state index contributed by atoms with van der Waals surface area (Å²) in [5, 5.41) is 7.68. The van der Waals surface area contributed by atoms with Crippen LogP contribution in [0.5, 0.6) is 0 Å². The lowest BCUT2D eigenvalue weighted by atomic mass is 9.85. The molecule has 2 aromatic carbocycles. The molecule has 10 heteroatoms. The van der Waals surface area contributed by atoms with Crippen molar-refractivity contribution >= 4 is 34.5 Å². The van der Waals surface area contributed by atoms with Crippen molar-refractivity contribution in [1.29, 1.82) is 0 Å². The fourth-order valence-corrected chi connectivity index (χ4v) is 4.72. The van der Waals surface area contributed by atoms with Crippen molar-refractivity contribution in [2.45, 2.75) is 19.3 Å². The number of benzene rings is 2. The Morgan fingerprint density at radius 3 is 2.61 bits per heavy atom. The van der Waals surface area contributed by atoms with E-state index in [9.17, 15) is 9.59 Å². The van der Waals surface area contributed by atoms with Gasteiger partial charge in [-0.3, -0.25) is 9.59 Å². The molecule has 6 rings (SSSR count). The lowest BCUT2D eigenvalue weighted by Gasteiger charge is -2.24. The van der Waals surface area contributed by atoms with E-state index in [2.05, 4.69) is 25.3 Å². The molecule has 0 fully saturated rings. The molecule has 3 aromatic heterocycles. The van der Waals surface area contributed by atoms with Crippen LogP contribution in [-0.4, -0.2) is 48.6 Å². The third-order valence-electron chi connectivity index (χ3n) is 6.51. The number of amides is 2. The van der Waals surface area contributed by atoms with E-state index in [-0.39, 0.29) is 24.2 Å². The van der Waals surface area contributed by atoms with Crippen molar-refractivity contribution in [2.75, 3.05) is 17.3 Å². The van der Waals surface area contributed by atoms with Gasteiger partial charge in [0.2, 0.25) is 5.91 Å². The molecule has 0 spiro atoms. The number of para-hydroxylation sites is 1. The Balaban J connectivity index is 1.36. The minimum Gasteiger partial charge on any atom is -0.340 e. The molecular weight excluding hydrogens is 456 g/mol. The first-order chi connectivity index (χ1) is 17.5. The molecular formula is C26H22N8O2. The largest absolute Gasteiger partial charge is 0.340 e. The summed E-state index contributed by atoms with van der Waals surface area (Å²) in [6, 6.07) is 16.9. The normalized spacial score (nSPS) is 14.9. The van der Waals surface area contributed by atoms with Crippen LogP contribution in [0.15, 0.2) is 67.3 Å². The predicted molar refractivity (Wildman–Crippen MR) is 134 cm³/mol. The number of anilines is 2. The van der Waals surface area contributed by atoms with Crippen LogP contribution < -0.4 is 10.2 Å². The average Bonchev–Trinajstić information content (AvgIpc) is 3.52. The van der Waals surface area contributed by atoms with Gasteiger partial charge in [-0.2, -0.15) is 9.78 Å². The highest BCUT2D eigenvalue weighted by Crippen LogP contribution is 2.40.